The van der Waals surface area contributed by atoms with Gasteiger partial charge in [-0.15, -0.1) is 0 Å². The van der Waals surface area contributed by atoms with Crippen molar-refractivity contribution in [2.75, 3.05) is 26.8 Å². The van der Waals surface area contributed by atoms with Crippen LogP contribution in [0.5, 0.6) is 0 Å². The van der Waals surface area contributed by atoms with Crippen molar-refractivity contribution in [2.24, 2.45) is 5.92 Å². The van der Waals surface area contributed by atoms with Crippen LogP contribution >= 0.6 is 0 Å². The van der Waals surface area contributed by atoms with Crippen LogP contribution in [0.1, 0.15) is 35.7 Å². The van der Waals surface area contributed by atoms with Gasteiger partial charge in [-0.25, -0.2) is 0 Å². The third-order valence-electron chi connectivity index (χ3n) is 4.42. The summed E-state index contributed by atoms with van der Waals surface area (Å²) in [6.45, 7) is 3.08. The molecule has 1 atom stereocenters. The molecule has 0 bridgehead atoms. The maximum absolute atomic E-state index is 12.6. The fourth-order valence-electron chi connectivity index (χ4n) is 2.98. The summed E-state index contributed by atoms with van der Waals surface area (Å²) in [5.74, 6) is -0.549. The Morgan fingerprint density at radius 3 is 2.31 bits per heavy atom. The number of ether oxygens (including phenoxy) is 1. The Bertz CT molecular complexity index is 624. The van der Waals surface area contributed by atoms with E-state index < -0.39 is 11.7 Å². The van der Waals surface area contributed by atoms with Crippen LogP contribution in [0.4, 0.5) is 13.2 Å². The second kappa shape index (κ2) is 8.53. The van der Waals surface area contributed by atoms with Gasteiger partial charge >= 0.3 is 6.18 Å². The molecule has 1 N–H and O–H groups in total. The van der Waals surface area contributed by atoms with E-state index in [0.717, 1.165) is 12.1 Å². The number of nitrogens with zero attached hydrogens (tertiary/aromatic N) is 1. The number of hydrogen-bond acceptors (Lipinski definition) is 3. The van der Waals surface area contributed by atoms with E-state index in [2.05, 4.69) is 5.32 Å². The van der Waals surface area contributed by atoms with Gasteiger partial charge < -0.3 is 15.0 Å². The Morgan fingerprint density at radius 1 is 1.23 bits per heavy atom. The number of rotatable bonds is 5. The summed E-state index contributed by atoms with van der Waals surface area (Å²) in [6.07, 6.45) is -3.37. The van der Waals surface area contributed by atoms with E-state index in [4.69, 9.17) is 4.74 Å². The van der Waals surface area contributed by atoms with Crippen molar-refractivity contribution in [1.82, 2.24) is 10.2 Å². The Balaban J connectivity index is 1.89. The zero-order chi connectivity index (χ0) is 19.3. The van der Waals surface area contributed by atoms with E-state index in [0.29, 0.717) is 32.5 Å². The summed E-state index contributed by atoms with van der Waals surface area (Å²) in [7, 11) is 1.56. The Labute approximate surface area is 150 Å². The third-order valence-corrected chi connectivity index (χ3v) is 4.42. The minimum atomic E-state index is -4.42. The predicted molar refractivity (Wildman–Crippen MR) is 89.6 cm³/mol. The van der Waals surface area contributed by atoms with Crippen molar-refractivity contribution in [3.05, 3.63) is 35.4 Å². The van der Waals surface area contributed by atoms with Crippen molar-refractivity contribution >= 4 is 11.8 Å². The minimum Gasteiger partial charge on any atom is -0.383 e. The van der Waals surface area contributed by atoms with Gasteiger partial charge in [0.05, 0.1) is 12.2 Å². The van der Waals surface area contributed by atoms with Gasteiger partial charge in [-0.1, -0.05) is 0 Å². The number of hydrogen-bond donors (Lipinski definition) is 1. The van der Waals surface area contributed by atoms with Crippen LogP contribution < -0.4 is 5.32 Å². The van der Waals surface area contributed by atoms with E-state index in [9.17, 15) is 22.8 Å². The smallest absolute Gasteiger partial charge is 0.383 e. The molecule has 2 amide bonds. The molecule has 0 spiro atoms. The molecule has 0 aromatic heterocycles. The summed E-state index contributed by atoms with van der Waals surface area (Å²) in [6, 6.07) is 4.11. The van der Waals surface area contributed by atoms with E-state index in [1.54, 1.807) is 12.0 Å². The van der Waals surface area contributed by atoms with Gasteiger partial charge in [-0.2, -0.15) is 13.2 Å². The highest BCUT2D eigenvalue weighted by Gasteiger charge is 2.31. The molecular weight excluding hydrogens is 349 g/mol. The van der Waals surface area contributed by atoms with Crippen LogP contribution in [0.3, 0.4) is 0 Å². The molecular formula is C18H23F3N2O3. The fourth-order valence-corrected chi connectivity index (χ4v) is 2.98. The molecule has 26 heavy (non-hydrogen) atoms. The zero-order valence-corrected chi connectivity index (χ0v) is 14.8. The summed E-state index contributed by atoms with van der Waals surface area (Å²) in [5.41, 5.74) is -0.566. The lowest BCUT2D eigenvalue weighted by Crippen LogP contribution is -2.45. The lowest BCUT2D eigenvalue weighted by molar-refractivity contribution is -0.137. The highest BCUT2D eigenvalue weighted by atomic mass is 19.4. The number of benzene rings is 1. The number of likely N-dealkylation sites (tertiary alicyclic amines) is 1. The van der Waals surface area contributed by atoms with Gasteiger partial charge in [-0.05, 0) is 44.0 Å². The first-order valence-corrected chi connectivity index (χ1v) is 8.48. The second-order valence-electron chi connectivity index (χ2n) is 6.51. The van der Waals surface area contributed by atoms with Crippen LogP contribution in [-0.4, -0.2) is 49.6 Å². The first-order chi connectivity index (χ1) is 12.2. The molecule has 8 heteroatoms. The van der Waals surface area contributed by atoms with Crippen LogP contribution in [0, 0.1) is 5.92 Å². The molecule has 0 radical (unpaired) electrons. The van der Waals surface area contributed by atoms with Gasteiger partial charge in [0.15, 0.2) is 0 Å². The van der Waals surface area contributed by atoms with Gasteiger partial charge in [0.1, 0.15) is 0 Å². The van der Waals surface area contributed by atoms with Crippen LogP contribution in [-0.2, 0) is 15.7 Å². The van der Waals surface area contributed by atoms with Crippen molar-refractivity contribution in [1.29, 1.82) is 0 Å². The van der Waals surface area contributed by atoms with E-state index in [-0.39, 0.29) is 29.3 Å². The number of carbonyl (C=O) groups is 2. The predicted octanol–water partition coefficient (Wildman–Crippen LogP) is 2.71. The van der Waals surface area contributed by atoms with Gasteiger partial charge in [0.2, 0.25) is 5.91 Å². The largest absolute Gasteiger partial charge is 0.416 e. The lowest BCUT2D eigenvalue weighted by atomic mass is 9.95. The second-order valence-corrected chi connectivity index (χ2v) is 6.51. The van der Waals surface area contributed by atoms with E-state index in [1.165, 1.54) is 12.1 Å². The molecule has 144 valence electrons. The molecule has 1 fully saturated rings. The first-order valence-electron chi connectivity index (χ1n) is 8.48. The van der Waals surface area contributed by atoms with Crippen molar-refractivity contribution in [3.8, 4) is 0 Å². The Kier molecular flexibility index (Phi) is 6.63. The van der Waals surface area contributed by atoms with Gasteiger partial charge in [0.25, 0.3) is 5.91 Å². The molecule has 0 aliphatic carbocycles. The fraction of sp³-hybridized carbons (Fsp3) is 0.556. The normalized spacial score (nSPS) is 17.0. The Hall–Kier alpha value is -2.09. The maximum Gasteiger partial charge on any atom is 0.416 e. The topological polar surface area (TPSA) is 58.6 Å². The molecule has 1 unspecified atom stereocenters. The average molecular weight is 372 g/mol. The summed E-state index contributed by atoms with van der Waals surface area (Å²) >= 11 is 0. The molecule has 1 heterocycles. The molecule has 1 aromatic carbocycles. The number of carbonyl (C=O) groups excluding carboxylic acids is 2. The van der Waals surface area contributed by atoms with Crippen molar-refractivity contribution in [3.63, 3.8) is 0 Å². The maximum atomic E-state index is 12.6. The highest BCUT2D eigenvalue weighted by Crippen LogP contribution is 2.29. The minimum absolute atomic E-state index is 0.0591. The number of amides is 2. The average Bonchev–Trinajstić information content (AvgIpc) is 2.60. The quantitative estimate of drug-likeness (QED) is 0.865. The monoisotopic (exact) mass is 372 g/mol. The molecule has 1 saturated heterocycles. The number of halogens is 3. The molecule has 1 aliphatic rings. The van der Waals surface area contributed by atoms with Gasteiger partial charge in [-0.3, -0.25) is 9.59 Å². The SMILES string of the molecule is COCC(C)NC(=O)C1CCN(C(=O)c2ccc(C(F)(F)F)cc2)CC1. The summed E-state index contributed by atoms with van der Waals surface area (Å²) in [5, 5.41) is 2.87. The molecule has 1 aliphatic heterocycles. The number of alkyl halides is 3. The lowest BCUT2D eigenvalue weighted by Gasteiger charge is -2.32. The zero-order valence-electron chi connectivity index (χ0n) is 14.8. The van der Waals surface area contributed by atoms with E-state index >= 15 is 0 Å². The first kappa shape index (κ1) is 20.2. The van der Waals surface area contributed by atoms with Crippen LogP contribution in [0.15, 0.2) is 24.3 Å². The van der Waals surface area contributed by atoms with E-state index in [1.807, 2.05) is 6.92 Å². The summed E-state index contributed by atoms with van der Waals surface area (Å²) < 4.78 is 42.8. The number of methoxy groups -OCH3 is 1. The van der Waals surface area contributed by atoms with Gasteiger partial charge in [0, 0.05) is 37.7 Å². The molecule has 1 aromatic rings. The van der Waals surface area contributed by atoms with Crippen molar-refractivity contribution in [2.45, 2.75) is 32.0 Å². The van der Waals surface area contributed by atoms with Crippen LogP contribution in [0.25, 0.3) is 0 Å². The standard InChI is InChI=1S/C18H23F3N2O3/c1-12(11-26-2)22-16(24)13-7-9-23(10-8-13)17(25)14-3-5-15(6-4-14)18(19,20)21/h3-6,12-13H,7-11H2,1-2H3,(H,22,24). The number of nitrogens with one attached hydrogen (secondary N) is 1. The summed E-state index contributed by atoms with van der Waals surface area (Å²) in [4.78, 5) is 26.2. The highest BCUT2D eigenvalue weighted by molar-refractivity contribution is 5.94. The number of piperidine rings is 1. The Morgan fingerprint density at radius 2 is 1.81 bits per heavy atom. The van der Waals surface area contributed by atoms with Crippen molar-refractivity contribution < 1.29 is 27.5 Å². The molecule has 2 rings (SSSR count). The van der Waals surface area contributed by atoms with Crippen LogP contribution in [0.2, 0.25) is 0 Å². The molecule has 0 saturated carbocycles. The third kappa shape index (κ3) is 5.20. The molecule has 5 nitrogen and oxygen atoms in total.